The van der Waals surface area contributed by atoms with Gasteiger partial charge in [0.25, 0.3) is 15.7 Å². The zero-order chi connectivity index (χ0) is 17.0. The van der Waals surface area contributed by atoms with E-state index in [1.165, 1.54) is 31.0 Å². The molecule has 23 heavy (non-hydrogen) atoms. The van der Waals surface area contributed by atoms with E-state index in [0.717, 1.165) is 11.0 Å². The molecule has 0 aromatic heterocycles. The van der Waals surface area contributed by atoms with Gasteiger partial charge in [0, 0.05) is 22.7 Å². The zero-order valence-corrected chi connectivity index (χ0v) is 14.0. The summed E-state index contributed by atoms with van der Waals surface area (Å²) in [5.41, 5.74) is 0.0365. The van der Waals surface area contributed by atoms with Crippen molar-refractivity contribution in [1.82, 2.24) is 0 Å². The lowest BCUT2D eigenvalue weighted by molar-refractivity contribution is -0.385. The van der Waals surface area contributed by atoms with Gasteiger partial charge in [0.2, 0.25) is 0 Å². The number of ether oxygens (including phenoxy) is 1. The number of sulfonamides is 1. The predicted molar refractivity (Wildman–Crippen MR) is 88.7 cm³/mol. The van der Waals surface area contributed by atoms with Crippen molar-refractivity contribution in [2.24, 2.45) is 0 Å². The van der Waals surface area contributed by atoms with Gasteiger partial charge in [-0.05, 0) is 30.5 Å². The summed E-state index contributed by atoms with van der Waals surface area (Å²) in [6.45, 7) is 0. The predicted octanol–water partition coefficient (Wildman–Crippen LogP) is 3.13. The van der Waals surface area contributed by atoms with Gasteiger partial charge >= 0.3 is 0 Å². The third-order valence-electron chi connectivity index (χ3n) is 2.97. The fourth-order valence-electron chi connectivity index (χ4n) is 1.89. The Kier molecular flexibility index (Phi) is 5.12. The summed E-state index contributed by atoms with van der Waals surface area (Å²) >= 11 is 1.47. The number of hydrogen-bond donors (Lipinski definition) is 1. The van der Waals surface area contributed by atoms with Crippen molar-refractivity contribution < 1.29 is 18.1 Å². The largest absolute Gasteiger partial charge is 0.495 e. The van der Waals surface area contributed by atoms with Crippen LogP contribution in [0.5, 0.6) is 5.75 Å². The molecule has 2 rings (SSSR count). The number of non-ortho nitro benzene ring substituents is 1. The second-order valence-electron chi connectivity index (χ2n) is 4.43. The Morgan fingerprint density at radius 1 is 1.22 bits per heavy atom. The second kappa shape index (κ2) is 6.88. The zero-order valence-electron chi connectivity index (χ0n) is 12.3. The molecule has 0 aliphatic heterocycles. The maximum Gasteiger partial charge on any atom is 0.271 e. The molecule has 2 aromatic rings. The number of nitro groups is 1. The molecule has 0 unspecified atom stereocenters. The van der Waals surface area contributed by atoms with E-state index < -0.39 is 14.9 Å². The van der Waals surface area contributed by atoms with E-state index in [1.54, 1.807) is 18.2 Å². The standard InChI is InChI=1S/C14H14N2O5S2/c1-21-13-7-6-11(16(17)18)9-14(13)23(19,20)15-10-4-3-5-12(8-10)22-2/h3-9,15H,1-2H3. The lowest BCUT2D eigenvalue weighted by Crippen LogP contribution is -2.14. The normalized spacial score (nSPS) is 11.0. The summed E-state index contributed by atoms with van der Waals surface area (Å²) < 4.78 is 32.5. The minimum atomic E-state index is -4.03. The Morgan fingerprint density at radius 3 is 2.57 bits per heavy atom. The van der Waals surface area contributed by atoms with E-state index >= 15 is 0 Å². The van der Waals surface area contributed by atoms with E-state index in [-0.39, 0.29) is 16.3 Å². The first kappa shape index (κ1) is 17.1. The summed E-state index contributed by atoms with van der Waals surface area (Å²) in [7, 11) is -2.73. The van der Waals surface area contributed by atoms with E-state index in [4.69, 9.17) is 4.74 Å². The molecular formula is C14H14N2O5S2. The van der Waals surface area contributed by atoms with Gasteiger partial charge in [-0.3, -0.25) is 14.8 Å². The third kappa shape index (κ3) is 3.93. The molecular weight excluding hydrogens is 340 g/mol. The van der Waals surface area contributed by atoms with Crippen LogP contribution in [-0.2, 0) is 10.0 Å². The van der Waals surface area contributed by atoms with Crippen LogP contribution >= 0.6 is 11.8 Å². The van der Waals surface area contributed by atoms with Crippen molar-refractivity contribution in [3.63, 3.8) is 0 Å². The van der Waals surface area contributed by atoms with E-state index in [2.05, 4.69) is 4.72 Å². The highest BCUT2D eigenvalue weighted by molar-refractivity contribution is 7.98. The maximum atomic E-state index is 12.5. The van der Waals surface area contributed by atoms with Gasteiger partial charge in [0.05, 0.1) is 12.0 Å². The second-order valence-corrected chi connectivity index (χ2v) is 6.96. The van der Waals surface area contributed by atoms with Crippen LogP contribution in [0.25, 0.3) is 0 Å². The van der Waals surface area contributed by atoms with Gasteiger partial charge in [-0.1, -0.05) is 6.07 Å². The molecule has 7 nitrogen and oxygen atoms in total. The van der Waals surface area contributed by atoms with E-state index in [0.29, 0.717) is 5.69 Å². The molecule has 0 saturated heterocycles. The monoisotopic (exact) mass is 354 g/mol. The number of methoxy groups -OCH3 is 1. The highest BCUT2D eigenvalue weighted by Crippen LogP contribution is 2.30. The third-order valence-corrected chi connectivity index (χ3v) is 5.10. The molecule has 0 saturated carbocycles. The molecule has 0 amide bonds. The van der Waals surface area contributed by atoms with Crippen molar-refractivity contribution in [2.75, 3.05) is 18.1 Å². The fourth-order valence-corrected chi connectivity index (χ4v) is 3.58. The van der Waals surface area contributed by atoms with Gasteiger partial charge in [-0.25, -0.2) is 8.42 Å². The minimum absolute atomic E-state index is 0.0316. The number of benzene rings is 2. The molecule has 0 atom stereocenters. The van der Waals surface area contributed by atoms with Crippen LogP contribution in [0.15, 0.2) is 52.3 Å². The lowest BCUT2D eigenvalue weighted by Gasteiger charge is -2.12. The minimum Gasteiger partial charge on any atom is -0.495 e. The molecule has 0 spiro atoms. The average molecular weight is 354 g/mol. The molecule has 0 fully saturated rings. The number of thioether (sulfide) groups is 1. The maximum absolute atomic E-state index is 12.5. The lowest BCUT2D eigenvalue weighted by atomic mass is 10.3. The van der Waals surface area contributed by atoms with Crippen LogP contribution < -0.4 is 9.46 Å². The quantitative estimate of drug-likeness (QED) is 0.486. The van der Waals surface area contributed by atoms with Crippen molar-refractivity contribution in [3.05, 3.63) is 52.6 Å². The van der Waals surface area contributed by atoms with Crippen LogP contribution in [0.2, 0.25) is 0 Å². The number of anilines is 1. The first-order chi connectivity index (χ1) is 10.9. The number of nitro benzene ring substituents is 1. The molecule has 1 N–H and O–H groups in total. The smallest absolute Gasteiger partial charge is 0.271 e. The average Bonchev–Trinajstić information content (AvgIpc) is 2.53. The number of nitrogens with one attached hydrogen (secondary N) is 1. The fraction of sp³-hybridized carbons (Fsp3) is 0.143. The Bertz CT molecular complexity index is 837. The van der Waals surface area contributed by atoms with Crippen LogP contribution in [0, 0.1) is 10.1 Å². The summed E-state index contributed by atoms with van der Waals surface area (Å²) in [6, 6.07) is 10.2. The van der Waals surface area contributed by atoms with Gasteiger partial charge in [-0.15, -0.1) is 11.8 Å². The molecule has 0 aliphatic carbocycles. The van der Waals surface area contributed by atoms with Crippen molar-refractivity contribution in [2.45, 2.75) is 9.79 Å². The number of hydrogen-bond acceptors (Lipinski definition) is 6. The summed E-state index contributed by atoms with van der Waals surface area (Å²) in [6.07, 6.45) is 1.87. The van der Waals surface area contributed by atoms with Crippen molar-refractivity contribution in [1.29, 1.82) is 0 Å². The highest BCUT2D eigenvalue weighted by atomic mass is 32.2. The first-order valence-corrected chi connectivity index (χ1v) is 9.07. The van der Waals surface area contributed by atoms with Crippen LogP contribution in [-0.4, -0.2) is 26.7 Å². The van der Waals surface area contributed by atoms with Gasteiger partial charge in [0.1, 0.15) is 10.6 Å². The number of nitrogens with zero attached hydrogens (tertiary/aromatic N) is 1. The summed E-state index contributed by atoms with van der Waals surface area (Å²) in [5.74, 6) is 0.0316. The molecule has 0 heterocycles. The van der Waals surface area contributed by atoms with Gasteiger partial charge in [-0.2, -0.15) is 0 Å². The van der Waals surface area contributed by atoms with Crippen molar-refractivity contribution in [3.8, 4) is 5.75 Å². The van der Waals surface area contributed by atoms with Gasteiger partial charge < -0.3 is 4.74 Å². The number of rotatable bonds is 6. The van der Waals surface area contributed by atoms with Crippen LogP contribution in [0.1, 0.15) is 0 Å². The summed E-state index contributed by atoms with van der Waals surface area (Å²) in [4.78, 5) is 10.8. The van der Waals surface area contributed by atoms with Crippen LogP contribution in [0.3, 0.4) is 0 Å². The molecule has 122 valence electrons. The first-order valence-electron chi connectivity index (χ1n) is 6.36. The van der Waals surface area contributed by atoms with Crippen LogP contribution in [0.4, 0.5) is 11.4 Å². The Morgan fingerprint density at radius 2 is 1.96 bits per heavy atom. The highest BCUT2D eigenvalue weighted by Gasteiger charge is 2.23. The SMILES string of the molecule is COc1ccc([N+](=O)[O-])cc1S(=O)(=O)Nc1cccc(SC)c1. The van der Waals surface area contributed by atoms with Crippen molar-refractivity contribution >= 4 is 33.2 Å². The van der Waals surface area contributed by atoms with Gasteiger partial charge in [0.15, 0.2) is 0 Å². The molecule has 2 aromatic carbocycles. The van der Waals surface area contributed by atoms with E-state index in [9.17, 15) is 18.5 Å². The molecule has 0 aliphatic rings. The molecule has 0 radical (unpaired) electrons. The topological polar surface area (TPSA) is 98.5 Å². The van der Waals surface area contributed by atoms with E-state index in [1.807, 2.05) is 12.3 Å². The Labute approximate surface area is 137 Å². The Hall–Kier alpha value is -2.26. The molecule has 0 bridgehead atoms. The Balaban J connectivity index is 2.45. The summed E-state index contributed by atoms with van der Waals surface area (Å²) in [5, 5.41) is 10.9. The molecule has 9 heteroatoms.